The van der Waals surface area contributed by atoms with Crippen LogP contribution in [0.1, 0.15) is 45.1 Å². The van der Waals surface area contributed by atoms with E-state index in [0.717, 1.165) is 58.9 Å². The number of thiophene rings is 1. The van der Waals surface area contributed by atoms with Crippen molar-refractivity contribution in [2.45, 2.75) is 58.4 Å². The van der Waals surface area contributed by atoms with Gasteiger partial charge in [-0.25, -0.2) is 0 Å². The summed E-state index contributed by atoms with van der Waals surface area (Å²) < 4.78 is 69.9. The second-order valence-electron chi connectivity index (χ2n) is 8.79. The Morgan fingerprint density at radius 1 is 1.05 bits per heavy atom. The molecule has 0 saturated heterocycles. The number of fused-ring (bicyclic) bond motifs is 1. The normalized spacial score (nSPS) is 13.7. The van der Waals surface area contributed by atoms with Crippen molar-refractivity contribution < 1.29 is 26.7 Å². The van der Waals surface area contributed by atoms with Crippen LogP contribution in [0.15, 0.2) is 53.0 Å². The molecule has 1 aromatic heterocycles. The first-order chi connectivity index (χ1) is 17.6. The Balaban J connectivity index is 1.93. The van der Waals surface area contributed by atoms with Crippen LogP contribution in [-0.2, 0) is 17.7 Å². The number of ether oxygens (including phenoxy) is 1. The Morgan fingerprint density at radius 3 is 2.22 bits per heavy atom. The average molecular weight is 621 g/mol. The third-order valence-electron chi connectivity index (χ3n) is 6.04. The molecular formula is C26H31BrF3N2O3S2-. The molecule has 2 aromatic carbocycles. The van der Waals surface area contributed by atoms with E-state index in [9.17, 15) is 21.9 Å². The summed E-state index contributed by atoms with van der Waals surface area (Å²) in [6.45, 7) is 6.06. The van der Waals surface area contributed by atoms with Crippen molar-refractivity contribution >= 4 is 53.6 Å². The molecule has 1 heterocycles. The van der Waals surface area contributed by atoms with Gasteiger partial charge in [0.05, 0.1) is 4.47 Å². The molecule has 204 valence electrons. The highest BCUT2D eigenvalue weighted by molar-refractivity contribution is 9.10. The van der Waals surface area contributed by atoms with Crippen molar-refractivity contribution in [3.05, 3.63) is 58.6 Å². The van der Waals surface area contributed by atoms with Gasteiger partial charge in [0.15, 0.2) is 0 Å². The predicted molar refractivity (Wildman–Crippen MR) is 148 cm³/mol. The molecule has 0 saturated carbocycles. The summed E-state index contributed by atoms with van der Waals surface area (Å²) in [4.78, 5) is 2.31. The van der Waals surface area contributed by atoms with Crippen molar-refractivity contribution in [3.8, 4) is 5.75 Å². The number of hydrogen-bond acceptors (Lipinski definition) is 5. The fourth-order valence-electron chi connectivity index (χ4n) is 4.17. The summed E-state index contributed by atoms with van der Waals surface area (Å²) in [6, 6.07) is 13.4. The number of nitrogens with zero attached hydrogens (tertiary/aromatic N) is 2. The first-order valence-electron chi connectivity index (χ1n) is 12.3. The lowest BCUT2D eigenvalue weighted by molar-refractivity contribution is -0.274. The van der Waals surface area contributed by atoms with Crippen LogP contribution in [-0.4, -0.2) is 45.7 Å². The van der Waals surface area contributed by atoms with Gasteiger partial charge in [0, 0.05) is 33.9 Å². The van der Waals surface area contributed by atoms with E-state index in [1.54, 1.807) is 12.1 Å². The zero-order valence-electron chi connectivity index (χ0n) is 20.8. The molecule has 0 radical (unpaired) electrons. The first kappa shape index (κ1) is 29.9. The number of benzene rings is 2. The molecule has 0 spiro atoms. The zero-order chi connectivity index (χ0) is 27.0. The molecule has 0 N–H and O–H groups in total. The van der Waals surface area contributed by atoms with Gasteiger partial charge >= 0.3 is 6.36 Å². The summed E-state index contributed by atoms with van der Waals surface area (Å²) >= 11 is 2.49. The largest absolute Gasteiger partial charge is 0.755 e. The number of hydrogen-bond donors (Lipinski definition) is 0. The highest BCUT2D eigenvalue weighted by Gasteiger charge is 2.31. The summed E-state index contributed by atoms with van der Waals surface area (Å²) in [5.74, 6) is -0.280. The molecule has 0 aliphatic heterocycles. The Bertz CT molecular complexity index is 1150. The van der Waals surface area contributed by atoms with Crippen LogP contribution >= 0.6 is 27.3 Å². The van der Waals surface area contributed by atoms with Crippen molar-refractivity contribution in [2.75, 3.05) is 23.9 Å². The molecule has 0 bridgehead atoms. The highest BCUT2D eigenvalue weighted by Crippen LogP contribution is 2.42. The van der Waals surface area contributed by atoms with Crippen molar-refractivity contribution in [1.82, 2.24) is 4.90 Å². The lowest BCUT2D eigenvalue weighted by atomic mass is 10.0. The third-order valence-corrected chi connectivity index (χ3v) is 9.11. The van der Waals surface area contributed by atoms with E-state index in [-0.39, 0.29) is 18.3 Å². The molecule has 0 fully saturated rings. The Labute approximate surface area is 231 Å². The van der Waals surface area contributed by atoms with Gasteiger partial charge in [-0.3, -0.25) is 13.4 Å². The van der Waals surface area contributed by atoms with Crippen molar-refractivity contribution in [2.24, 2.45) is 0 Å². The molecule has 2 unspecified atom stereocenters. The van der Waals surface area contributed by atoms with Crippen molar-refractivity contribution in [3.63, 3.8) is 0 Å². The lowest BCUT2D eigenvalue weighted by Crippen LogP contribution is -2.46. The Morgan fingerprint density at radius 2 is 1.68 bits per heavy atom. The summed E-state index contributed by atoms with van der Waals surface area (Å²) in [7, 11) is 0. The van der Waals surface area contributed by atoms with E-state index in [2.05, 4.69) is 39.4 Å². The molecule has 3 aromatic rings. The molecule has 37 heavy (non-hydrogen) atoms. The van der Waals surface area contributed by atoms with Crippen LogP contribution < -0.4 is 9.04 Å². The second-order valence-corrected chi connectivity index (χ2v) is 11.5. The highest BCUT2D eigenvalue weighted by atomic mass is 79.9. The van der Waals surface area contributed by atoms with E-state index in [0.29, 0.717) is 11.4 Å². The summed E-state index contributed by atoms with van der Waals surface area (Å²) in [5, 5.41) is 1.56. The molecule has 0 aliphatic carbocycles. The maximum atomic E-state index is 12.6. The topological polar surface area (TPSA) is 55.8 Å². The van der Waals surface area contributed by atoms with E-state index in [1.807, 2.05) is 24.3 Å². The van der Waals surface area contributed by atoms with Gasteiger partial charge < -0.3 is 9.29 Å². The standard InChI is InChI=1S/C26H32BrF3N2O3S2/c1-3-5-15-31(16-6-4-2)20(17-19-11-13-21(14-12-19)35-26(28,29)30)18-32(37(33)34)25-24(27)22-9-7-8-10-23(22)36-25/h7-14,20H,3-6,15-18H2,1-2H3,(H,33,34)/p-1. The molecule has 0 amide bonds. The molecule has 5 nitrogen and oxygen atoms in total. The fourth-order valence-corrected chi connectivity index (χ4v) is 7.05. The molecule has 3 rings (SSSR count). The lowest BCUT2D eigenvalue weighted by Gasteiger charge is -2.37. The second kappa shape index (κ2) is 13.9. The van der Waals surface area contributed by atoms with Gasteiger partial charge in [-0.1, -0.05) is 57.0 Å². The van der Waals surface area contributed by atoms with E-state index in [4.69, 9.17) is 0 Å². The number of anilines is 1. The van der Waals surface area contributed by atoms with Crippen LogP contribution in [0.4, 0.5) is 18.2 Å². The monoisotopic (exact) mass is 619 g/mol. The molecule has 11 heteroatoms. The minimum Gasteiger partial charge on any atom is -0.755 e. The molecule has 0 aliphatic rings. The van der Waals surface area contributed by atoms with Gasteiger partial charge in [-0.05, 0) is 72.0 Å². The Kier molecular flexibility index (Phi) is 11.3. The molecule has 2 atom stereocenters. The van der Waals surface area contributed by atoms with E-state index < -0.39 is 17.6 Å². The quantitative estimate of drug-likeness (QED) is 0.174. The van der Waals surface area contributed by atoms with Crippen LogP contribution in [0.5, 0.6) is 5.75 Å². The van der Waals surface area contributed by atoms with Crippen LogP contribution in [0, 0.1) is 0 Å². The maximum absolute atomic E-state index is 12.6. The smallest absolute Gasteiger partial charge is 0.573 e. The van der Waals surface area contributed by atoms with Gasteiger partial charge in [0.1, 0.15) is 10.8 Å². The minimum atomic E-state index is -4.75. The van der Waals surface area contributed by atoms with Gasteiger partial charge in [0.25, 0.3) is 0 Å². The Hall–Kier alpha value is -1.66. The van der Waals surface area contributed by atoms with Crippen LogP contribution in [0.25, 0.3) is 10.1 Å². The maximum Gasteiger partial charge on any atom is 0.573 e. The van der Waals surface area contributed by atoms with Crippen LogP contribution in [0.3, 0.4) is 0 Å². The van der Waals surface area contributed by atoms with Crippen molar-refractivity contribution in [1.29, 1.82) is 0 Å². The van der Waals surface area contributed by atoms with E-state index >= 15 is 0 Å². The minimum absolute atomic E-state index is 0.178. The van der Waals surface area contributed by atoms with Gasteiger partial charge in [0.2, 0.25) is 0 Å². The first-order valence-corrected chi connectivity index (χ1v) is 14.9. The van der Waals surface area contributed by atoms with E-state index in [1.165, 1.54) is 27.8 Å². The number of halogens is 4. The van der Waals surface area contributed by atoms with Gasteiger partial charge in [-0.15, -0.1) is 24.5 Å². The predicted octanol–water partition coefficient (Wildman–Crippen LogP) is 7.68. The van der Waals surface area contributed by atoms with Crippen LogP contribution in [0.2, 0.25) is 0 Å². The number of rotatable bonds is 14. The van der Waals surface area contributed by atoms with Gasteiger partial charge in [-0.2, -0.15) is 0 Å². The average Bonchev–Trinajstić information content (AvgIpc) is 3.18. The fraction of sp³-hybridized carbons (Fsp3) is 0.462. The summed E-state index contributed by atoms with van der Waals surface area (Å²) in [5.41, 5.74) is 0.810. The molecular weight excluding hydrogens is 589 g/mol. The summed E-state index contributed by atoms with van der Waals surface area (Å²) in [6.07, 6.45) is -0.347. The SMILES string of the molecule is CCCCN(CCCC)C(Cc1ccc(OC(F)(F)F)cc1)CN(c1sc2ccccc2c1Br)S(=O)[O-]. The zero-order valence-corrected chi connectivity index (χ0v) is 24.0. The third kappa shape index (κ3) is 8.68. The number of alkyl halides is 3. The number of unbranched alkanes of at least 4 members (excludes halogenated alkanes) is 2.